The Kier molecular flexibility index (Phi) is 4.41. The fraction of sp³-hybridized carbons (Fsp3) is 0. The Balaban J connectivity index is 2.07. The zero-order chi connectivity index (χ0) is 13.9. The van der Waals surface area contributed by atoms with Crippen LogP contribution in [0.15, 0.2) is 72.8 Å². The number of halogens is 2. The smallest absolute Gasteiger partial charge is 0.0215 e. The molecule has 0 amide bonds. The first-order chi connectivity index (χ1) is 9.75. The van der Waals surface area contributed by atoms with Crippen LogP contribution >= 0.6 is 45.2 Å². The third kappa shape index (κ3) is 2.91. The van der Waals surface area contributed by atoms with Gasteiger partial charge >= 0.3 is 0 Å². The van der Waals surface area contributed by atoms with E-state index in [2.05, 4.69) is 118 Å². The number of benzene rings is 3. The van der Waals surface area contributed by atoms with Crippen LogP contribution in [-0.4, -0.2) is 0 Å². The molecule has 98 valence electrons. The van der Waals surface area contributed by atoms with E-state index in [1.165, 1.54) is 29.4 Å². The average molecular weight is 482 g/mol. The van der Waals surface area contributed by atoms with Crippen molar-refractivity contribution >= 4 is 45.2 Å². The van der Waals surface area contributed by atoms with Gasteiger partial charge in [-0.05, 0) is 79.6 Å². The Labute approximate surface area is 146 Å². The lowest BCUT2D eigenvalue weighted by Gasteiger charge is -2.09. The lowest BCUT2D eigenvalue weighted by atomic mass is 10.0. The molecule has 0 unspecified atom stereocenters. The Morgan fingerprint density at radius 3 is 1.85 bits per heavy atom. The maximum absolute atomic E-state index is 2.43. The fourth-order valence-electron chi connectivity index (χ4n) is 2.22. The minimum atomic E-state index is 1.26. The molecule has 0 aliphatic carbocycles. The monoisotopic (exact) mass is 482 g/mol. The van der Waals surface area contributed by atoms with Gasteiger partial charge in [-0.25, -0.2) is 0 Å². The molecule has 0 spiro atoms. The first-order valence-corrected chi connectivity index (χ1v) is 8.51. The van der Waals surface area contributed by atoms with Gasteiger partial charge in [0.25, 0.3) is 0 Å². The van der Waals surface area contributed by atoms with Crippen LogP contribution < -0.4 is 0 Å². The minimum Gasteiger partial charge on any atom is -0.0622 e. The summed E-state index contributed by atoms with van der Waals surface area (Å²) >= 11 is 4.83. The number of hydrogen-bond donors (Lipinski definition) is 0. The summed E-state index contributed by atoms with van der Waals surface area (Å²) in [6.45, 7) is 0. The Morgan fingerprint density at radius 1 is 0.500 bits per heavy atom. The summed E-state index contributed by atoms with van der Waals surface area (Å²) in [5.74, 6) is 0. The lowest BCUT2D eigenvalue weighted by Crippen LogP contribution is -1.87. The van der Waals surface area contributed by atoms with Gasteiger partial charge in [-0.3, -0.25) is 0 Å². The molecule has 0 aromatic heterocycles. The summed E-state index contributed by atoms with van der Waals surface area (Å²) in [4.78, 5) is 0. The summed E-state index contributed by atoms with van der Waals surface area (Å²) in [7, 11) is 0. The van der Waals surface area contributed by atoms with Gasteiger partial charge in [0.05, 0.1) is 0 Å². The maximum Gasteiger partial charge on any atom is 0.0215 e. The highest BCUT2D eigenvalue weighted by atomic mass is 127. The number of rotatable bonds is 2. The van der Waals surface area contributed by atoms with E-state index in [9.17, 15) is 0 Å². The molecule has 0 fully saturated rings. The highest BCUT2D eigenvalue weighted by Crippen LogP contribution is 2.32. The Hall–Kier alpha value is -0.880. The third-order valence-electron chi connectivity index (χ3n) is 3.24. The molecule has 0 atom stereocenters. The lowest BCUT2D eigenvalue weighted by molar-refractivity contribution is 1.54. The predicted octanol–water partition coefficient (Wildman–Crippen LogP) is 6.23. The Morgan fingerprint density at radius 2 is 1.15 bits per heavy atom. The van der Waals surface area contributed by atoms with E-state index in [1.807, 2.05) is 0 Å². The molecule has 0 aliphatic rings. The molecule has 0 aliphatic heterocycles. The molecule has 20 heavy (non-hydrogen) atoms. The molecule has 0 N–H and O–H groups in total. The third-order valence-corrected chi connectivity index (χ3v) is 5.07. The van der Waals surface area contributed by atoms with E-state index < -0.39 is 0 Å². The molecule has 0 saturated carbocycles. The summed E-state index contributed by atoms with van der Waals surface area (Å²) in [5, 5.41) is 0. The minimum absolute atomic E-state index is 1.26. The molecule has 3 rings (SSSR count). The van der Waals surface area contributed by atoms with Gasteiger partial charge in [0.2, 0.25) is 0 Å². The van der Waals surface area contributed by atoms with E-state index in [-0.39, 0.29) is 0 Å². The second-order valence-corrected chi connectivity index (χ2v) is 6.86. The van der Waals surface area contributed by atoms with Crippen LogP contribution in [0.5, 0.6) is 0 Å². The molecular weight excluding hydrogens is 470 g/mol. The molecule has 0 bridgehead atoms. The number of hydrogen-bond acceptors (Lipinski definition) is 0. The van der Waals surface area contributed by atoms with Crippen LogP contribution in [-0.2, 0) is 0 Å². The molecule has 2 heteroatoms. The summed E-state index contributed by atoms with van der Waals surface area (Å²) in [6, 6.07) is 25.7. The molecular formula is C18H12I2. The molecule has 3 aromatic rings. The van der Waals surface area contributed by atoms with E-state index in [0.29, 0.717) is 0 Å². The standard InChI is InChI=1S/C18H12I2/c19-17-9-5-4-8-15(17)16-11-10-14(12-18(16)20)13-6-2-1-3-7-13/h1-12H. The fourth-order valence-corrected chi connectivity index (χ4v) is 3.71. The van der Waals surface area contributed by atoms with Crippen LogP contribution in [0.4, 0.5) is 0 Å². The second-order valence-electron chi connectivity index (χ2n) is 4.54. The highest BCUT2D eigenvalue weighted by Gasteiger charge is 2.07. The first-order valence-electron chi connectivity index (χ1n) is 6.35. The normalized spacial score (nSPS) is 10.5. The summed E-state index contributed by atoms with van der Waals surface area (Å²) in [5.41, 5.74) is 5.14. The SMILES string of the molecule is Ic1ccccc1-c1ccc(-c2ccccc2)cc1I. The molecule has 3 aromatic carbocycles. The van der Waals surface area contributed by atoms with Crippen molar-refractivity contribution in [2.24, 2.45) is 0 Å². The topological polar surface area (TPSA) is 0 Å². The van der Waals surface area contributed by atoms with Crippen LogP contribution in [0, 0.1) is 7.14 Å². The van der Waals surface area contributed by atoms with Gasteiger partial charge in [-0.2, -0.15) is 0 Å². The van der Waals surface area contributed by atoms with Crippen LogP contribution in [0.1, 0.15) is 0 Å². The van der Waals surface area contributed by atoms with Gasteiger partial charge < -0.3 is 0 Å². The van der Waals surface area contributed by atoms with Crippen LogP contribution in [0.25, 0.3) is 22.3 Å². The van der Waals surface area contributed by atoms with Gasteiger partial charge in [0.1, 0.15) is 0 Å². The van der Waals surface area contributed by atoms with Crippen molar-refractivity contribution in [1.29, 1.82) is 0 Å². The quantitative estimate of drug-likeness (QED) is 0.380. The van der Waals surface area contributed by atoms with Crippen LogP contribution in [0.3, 0.4) is 0 Å². The van der Waals surface area contributed by atoms with Gasteiger partial charge in [-0.1, -0.05) is 60.7 Å². The average Bonchev–Trinajstić information content (AvgIpc) is 2.49. The van der Waals surface area contributed by atoms with Gasteiger partial charge in [0, 0.05) is 7.14 Å². The van der Waals surface area contributed by atoms with Gasteiger partial charge in [-0.15, -0.1) is 0 Å². The van der Waals surface area contributed by atoms with Crippen molar-refractivity contribution < 1.29 is 0 Å². The van der Waals surface area contributed by atoms with Crippen molar-refractivity contribution in [1.82, 2.24) is 0 Å². The second kappa shape index (κ2) is 6.26. The zero-order valence-electron chi connectivity index (χ0n) is 10.7. The molecule has 0 saturated heterocycles. The van der Waals surface area contributed by atoms with Crippen LogP contribution in [0.2, 0.25) is 0 Å². The molecule has 0 heterocycles. The van der Waals surface area contributed by atoms with E-state index in [0.717, 1.165) is 0 Å². The van der Waals surface area contributed by atoms with Crippen molar-refractivity contribution in [3.05, 3.63) is 79.9 Å². The summed E-state index contributed by atoms with van der Waals surface area (Å²) < 4.78 is 2.57. The highest BCUT2D eigenvalue weighted by molar-refractivity contribution is 14.1. The predicted molar refractivity (Wildman–Crippen MR) is 103 cm³/mol. The zero-order valence-corrected chi connectivity index (χ0v) is 15.0. The first kappa shape index (κ1) is 14.1. The molecule has 0 radical (unpaired) electrons. The van der Waals surface area contributed by atoms with E-state index in [4.69, 9.17) is 0 Å². The van der Waals surface area contributed by atoms with Crippen molar-refractivity contribution in [2.75, 3.05) is 0 Å². The van der Waals surface area contributed by atoms with E-state index in [1.54, 1.807) is 0 Å². The van der Waals surface area contributed by atoms with E-state index >= 15 is 0 Å². The maximum atomic E-state index is 2.43. The summed E-state index contributed by atoms with van der Waals surface area (Å²) in [6.07, 6.45) is 0. The molecule has 0 nitrogen and oxygen atoms in total. The van der Waals surface area contributed by atoms with Crippen molar-refractivity contribution in [3.63, 3.8) is 0 Å². The van der Waals surface area contributed by atoms with Gasteiger partial charge in [0.15, 0.2) is 0 Å². The Bertz CT molecular complexity index is 733. The van der Waals surface area contributed by atoms with Crippen molar-refractivity contribution in [2.45, 2.75) is 0 Å². The van der Waals surface area contributed by atoms with Crippen molar-refractivity contribution in [3.8, 4) is 22.3 Å². The largest absolute Gasteiger partial charge is 0.0622 e.